The fraction of sp³-hybridized carbons (Fsp3) is 0.526. The number of hydrogen-bond acceptors (Lipinski definition) is 3. The summed E-state index contributed by atoms with van der Waals surface area (Å²) in [7, 11) is 0. The van der Waals surface area contributed by atoms with E-state index in [1.165, 1.54) is 49.3 Å². The Labute approximate surface area is 146 Å². The van der Waals surface area contributed by atoms with Gasteiger partial charge in [0.1, 0.15) is 0 Å². The number of nitrogens with zero attached hydrogens (tertiary/aromatic N) is 1. The molecule has 1 aromatic rings. The quantitative estimate of drug-likeness (QED) is 0.685. The summed E-state index contributed by atoms with van der Waals surface area (Å²) in [5.41, 5.74) is 3.27. The molecule has 0 radical (unpaired) electrons. The van der Waals surface area contributed by atoms with Gasteiger partial charge < -0.3 is 4.90 Å². The largest absolute Gasteiger partial charge is 0.305 e. The Balaban J connectivity index is 1.69. The Hall–Kier alpha value is -0.870. The monoisotopic (exact) mass is 343 g/mol. The third kappa shape index (κ3) is 2.00. The van der Waals surface area contributed by atoms with Crippen LogP contribution >= 0.6 is 23.5 Å². The van der Waals surface area contributed by atoms with E-state index in [1.807, 2.05) is 12.1 Å². The summed E-state index contributed by atoms with van der Waals surface area (Å²) in [4.78, 5) is 15.2. The van der Waals surface area contributed by atoms with Crippen LogP contribution in [0.5, 0.6) is 0 Å². The SMILES string of the molecule is O=C1c2ccccc2C2=CC3(SCCCS3)[C@@H]3CCCC[C@H]3N12. The Bertz CT molecular complexity index is 692. The Morgan fingerprint density at radius 2 is 1.74 bits per heavy atom. The minimum Gasteiger partial charge on any atom is -0.305 e. The molecule has 5 rings (SSSR count). The third-order valence-corrected chi connectivity index (χ3v) is 9.21. The van der Waals surface area contributed by atoms with Gasteiger partial charge in [0.15, 0.2) is 0 Å². The summed E-state index contributed by atoms with van der Waals surface area (Å²) in [6.45, 7) is 0. The van der Waals surface area contributed by atoms with Gasteiger partial charge in [0.2, 0.25) is 0 Å². The normalized spacial score (nSPS) is 31.4. The maximum Gasteiger partial charge on any atom is 0.259 e. The molecule has 1 aliphatic carbocycles. The fourth-order valence-corrected chi connectivity index (χ4v) is 8.39. The minimum atomic E-state index is 0.201. The Morgan fingerprint density at radius 3 is 2.57 bits per heavy atom. The van der Waals surface area contributed by atoms with E-state index < -0.39 is 0 Å². The molecule has 1 amide bonds. The van der Waals surface area contributed by atoms with E-state index in [0.717, 1.165) is 11.1 Å². The zero-order valence-electron chi connectivity index (χ0n) is 13.2. The molecule has 1 saturated heterocycles. The molecule has 0 aromatic heterocycles. The first-order chi connectivity index (χ1) is 11.3. The third-order valence-electron chi connectivity index (χ3n) is 5.77. The van der Waals surface area contributed by atoms with Gasteiger partial charge in [-0.15, -0.1) is 23.5 Å². The zero-order chi connectivity index (χ0) is 15.4. The first kappa shape index (κ1) is 14.5. The van der Waals surface area contributed by atoms with Crippen LogP contribution in [-0.2, 0) is 0 Å². The standard InChI is InChI=1S/C19H21NOS2/c21-18-14-7-2-1-6-13(14)17-12-19(22-10-5-11-23-19)15-8-3-4-9-16(15)20(17)18/h1-2,6-7,12,15-16H,3-5,8-11H2/t15-,16-/m1/s1. The Morgan fingerprint density at radius 1 is 1.00 bits per heavy atom. The molecule has 1 aromatic carbocycles. The zero-order valence-corrected chi connectivity index (χ0v) is 14.8. The van der Waals surface area contributed by atoms with Crippen molar-refractivity contribution in [1.29, 1.82) is 0 Å². The summed E-state index contributed by atoms with van der Waals surface area (Å²) in [6, 6.07) is 8.60. The summed E-state index contributed by atoms with van der Waals surface area (Å²) in [5.74, 6) is 3.38. The van der Waals surface area contributed by atoms with E-state index in [0.29, 0.717) is 12.0 Å². The highest BCUT2D eigenvalue weighted by Gasteiger charge is 2.53. The lowest BCUT2D eigenvalue weighted by molar-refractivity contribution is 0.0694. The van der Waals surface area contributed by atoms with Gasteiger partial charge in [-0.25, -0.2) is 0 Å². The molecule has 0 unspecified atom stereocenters. The lowest BCUT2D eigenvalue weighted by Crippen LogP contribution is -2.53. The maximum atomic E-state index is 13.0. The molecule has 23 heavy (non-hydrogen) atoms. The average molecular weight is 344 g/mol. The van der Waals surface area contributed by atoms with Gasteiger partial charge in [-0.2, -0.15) is 0 Å². The van der Waals surface area contributed by atoms with Gasteiger partial charge in [0.25, 0.3) is 5.91 Å². The van der Waals surface area contributed by atoms with E-state index >= 15 is 0 Å². The van der Waals surface area contributed by atoms with Gasteiger partial charge in [0, 0.05) is 23.1 Å². The second-order valence-corrected chi connectivity index (χ2v) is 9.98. The van der Waals surface area contributed by atoms with E-state index in [9.17, 15) is 4.79 Å². The number of fused-ring (bicyclic) bond motifs is 6. The topological polar surface area (TPSA) is 20.3 Å². The Kier molecular flexibility index (Phi) is 3.35. The number of carbonyl (C=O) groups excluding carboxylic acids is 1. The lowest BCUT2D eigenvalue weighted by atomic mass is 9.78. The van der Waals surface area contributed by atoms with Gasteiger partial charge >= 0.3 is 0 Å². The first-order valence-corrected chi connectivity index (χ1v) is 10.7. The molecule has 4 aliphatic rings. The van der Waals surface area contributed by atoms with Crippen LogP contribution in [0.1, 0.15) is 48.0 Å². The smallest absolute Gasteiger partial charge is 0.259 e. The molecule has 2 fully saturated rings. The minimum absolute atomic E-state index is 0.201. The van der Waals surface area contributed by atoms with Gasteiger partial charge in [-0.1, -0.05) is 31.0 Å². The fourth-order valence-electron chi connectivity index (χ4n) is 4.79. The molecule has 0 bridgehead atoms. The molecule has 2 nitrogen and oxygen atoms in total. The average Bonchev–Trinajstić information content (AvgIpc) is 2.89. The van der Waals surface area contributed by atoms with Gasteiger partial charge in [-0.3, -0.25) is 4.79 Å². The van der Waals surface area contributed by atoms with Crippen molar-refractivity contribution in [1.82, 2.24) is 4.90 Å². The van der Waals surface area contributed by atoms with Crippen molar-refractivity contribution >= 4 is 35.1 Å². The van der Waals surface area contributed by atoms with Crippen molar-refractivity contribution < 1.29 is 4.79 Å². The number of rotatable bonds is 0. The van der Waals surface area contributed by atoms with E-state index in [2.05, 4.69) is 46.6 Å². The highest BCUT2D eigenvalue weighted by Crippen LogP contribution is 2.59. The van der Waals surface area contributed by atoms with Crippen LogP contribution in [0.25, 0.3) is 5.70 Å². The molecule has 4 heteroatoms. The molecule has 1 saturated carbocycles. The van der Waals surface area contributed by atoms with Crippen molar-refractivity contribution in [2.75, 3.05) is 11.5 Å². The second kappa shape index (κ2) is 5.32. The van der Waals surface area contributed by atoms with Crippen LogP contribution in [0.3, 0.4) is 0 Å². The summed E-state index contributed by atoms with van der Waals surface area (Å²) >= 11 is 4.29. The molecule has 3 heterocycles. The highest BCUT2D eigenvalue weighted by molar-refractivity contribution is 8.19. The molecule has 0 N–H and O–H groups in total. The van der Waals surface area contributed by atoms with Crippen LogP contribution < -0.4 is 0 Å². The van der Waals surface area contributed by atoms with Crippen molar-refractivity contribution in [2.24, 2.45) is 5.92 Å². The maximum absolute atomic E-state index is 13.0. The summed E-state index contributed by atoms with van der Waals surface area (Å²) < 4.78 is 0.201. The van der Waals surface area contributed by atoms with E-state index in [4.69, 9.17) is 0 Å². The van der Waals surface area contributed by atoms with Crippen molar-refractivity contribution in [3.05, 3.63) is 41.5 Å². The van der Waals surface area contributed by atoms with Gasteiger partial charge in [-0.05, 0) is 42.9 Å². The number of thioether (sulfide) groups is 2. The van der Waals surface area contributed by atoms with Crippen LogP contribution in [0.2, 0.25) is 0 Å². The molecular weight excluding hydrogens is 322 g/mol. The van der Waals surface area contributed by atoms with E-state index in [-0.39, 0.29) is 9.99 Å². The second-order valence-electron chi connectivity index (χ2n) is 6.98. The lowest BCUT2D eigenvalue weighted by Gasteiger charge is -2.52. The van der Waals surface area contributed by atoms with Crippen LogP contribution in [0, 0.1) is 5.92 Å². The van der Waals surface area contributed by atoms with Gasteiger partial charge in [0.05, 0.1) is 9.78 Å². The van der Waals surface area contributed by atoms with E-state index in [1.54, 1.807) is 0 Å². The number of hydrogen-bond donors (Lipinski definition) is 0. The number of amides is 1. The molecular formula is C19H21NOS2. The molecule has 1 spiro atoms. The summed E-state index contributed by atoms with van der Waals surface area (Å²) in [5, 5.41) is 0. The predicted octanol–water partition coefficient (Wildman–Crippen LogP) is 4.62. The van der Waals surface area contributed by atoms with Crippen LogP contribution in [0.15, 0.2) is 30.3 Å². The number of benzene rings is 1. The van der Waals surface area contributed by atoms with Crippen molar-refractivity contribution in [3.8, 4) is 0 Å². The first-order valence-electron chi connectivity index (χ1n) is 8.74. The van der Waals surface area contributed by atoms with Crippen molar-refractivity contribution in [2.45, 2.75) is 42.2 Å². The molecule has 120 valence electrons. The van der Waals surface area contributed by atoms with Crippen LogP contribution in [0.4, 0.5) is 0 Å². The predicted molar refractivity (Wildman–Crippen MR) is 98.6 cm³/mol. The molecule has 3 aliphatic heterocycles. The number of carbonyl (C=O) groups is 1. The van der Waals surface area contributed by atoms with Crippen molar-refractivity contribution in [3.63, 3.8) is 0 Å². The highest BCUT2D eigenvalue weighted by atomic mass is 32.2. The molecule has 2 atom stereocenters. The van der Waals surface area contributed by atoms with Crippen LogP contribution in [-0.4, -0.2) is 32.4 Å². The summed E-state index contributed by atoms with van der Waals surface area (Å²) in [6.07, 6.45) is 8.82.